The van der Waals surface area contributed by atoms with Crippen molar-refractivity contribution < 1.29 is 0 Å². The number of fused-ring (bicyclic) bond motifs is 7. The van der Waals surface area contributed by atoms with Crippen LogP contribution in [0.4, 0.5) is 5.82 Å². The first kappa shape index (κ1) is 17.0. The van der Waals surface area contributed by atoms with E-state index in [2.05, 4.69) is 33.5 Å². The Labute approximate surface area is 152 Å². The van der Waals surface area contributed by atoms with E-state index >= 15 is 0 Å². The van der Waals surface area contributed by atoms with Gasteiger partial charge in [0, 0.05) is 36.0 Å². The van der Waals surface area contributed by atoms with Gasteiger partial charge in [-0.3, -0.25) is 5.10 Å². The molecule has 2 heterocycles. The van der Waals surface area contributed by atoms with Gasteiger partial charge >= 0.3 is 0 Å². The highest BCUT2D eigenvalue weighted by atomic mass is 15.2. The van der Waals surface area contributed by atoms with E-state index in [4.69, 9.17) is 0 Å². The van der Waals surface area contributed by atoms with Gasteiger partial charge in [0.2, 0.25) is 0 Å². The van der Waals surface area contributed by atoms with Gasteiger partial charge in [-0.1, -0.05) is 32.3 Å². The standard InChI is InChI=1S/C21H34N4/c1-15-11-17-8-9-18(12-17)20-14-21(25-24-20)23-19-7-4-6-16(13-19)5-2-3-10-22-15/h14,16-19,22H,1-13H2,(H2,23,24,25). The zero-order chi connectivity index (χ0) is 17.1. The number of nitrogens with zero attached hydrogens (tertiary/aromatic N) is 1. The Morgan fingerprint density at radius 3 is 2.84 bits per heavy atom. The van der Waals surface area contributed by atoms with Gasteiger partial charge < -0.3 is 10.6 Å². The minimum absolute atomic E-state index is 0.611. The Morgan fingerprint density at radius 1 is 0.960 bits per heavy atom. The quantitative estimate of drug-likeness (QED) is 0.626. The van der Waals surface area contributed by atoms with Crippen molar-refractivity contribution in [3.8, 4) is 0 Å². The van der Waals surface area contributed by atoms with Crippen LogP contribution in [0.5, 0.6) is 0 Å². The van der Waals surface area contributed by atoms with Gasteiger partial charge in [0.05, 0.1) is 0 Å². The van der Waals surface area contributed by atoms with Crippen molar-refractivity contribution in [2.75, 3.05) is 11.9 Å². The molecule has 138 valence electrons. The molecule has 2 fully saturated rings. The topological polar surface area (TPSA) is 52.7 Å². The van der Waals surface area contributed by atoms with Crippen molar-refractivity contribution in [3.63, 3.8) is 0 Å². The number of hydrogen-bond donors (Lipinski definition) is 3. The Bertz CT molecular complexity index is 578. The summed E-state index contributed by atoms with van der Waals surface area (Å²) in [5.74, 6) is 3.38. The number of allylic oxidation sites excluding steroid dienone is 1. The lowest BCUT2D eigenvalue weighted by atomic mass is 9.82. The third-order valence-corrected chi connectivity index (χ3v) is 6.66. The number of aromatic nitrogens is 2. The molecule has 6 bridgehead atoms. The molecule has 1 aromatic rings. The molecule has 4 nitrogen and oxygen atoms in total. The predicted molar refractivity (Wildman–Crippen MR) is 104 cm³/mol. The molecule has 0 aromatic carbocycles. The zero-order valence-corrected chi connectivity index (χ0v) is 15.5. The van der Waals surface area contributed by atoms with Gasteiger partial charge in [-0.15, -0.1) is 0 Å². The van der Waals surface area contributed by atoms with Gasteiger partial charge in [-0.05, 0) is 56.8 Å². The van der Waals surface area contributed by atoms with E-state index in [0.717, 1.165) is 30.6 Å². The Balaban J connectivity index is 1.45. The van der Waals surface area contributed by atoms with Crippen LogP contribution in [0, 0.1) is 11.8 Å². The van der Waals surface area contributed by atoms with Gasteiger partial charge in [0.1, 0.15) is 5.82 Å². The average molecular weight is 343 g/mol. The molecule has 4 unspecified atom stereocenters. The van der Waals surface area contributed by atoms with Crippen molar-refractivity contribution in [1.29, 1.82) is 0 Å². The number of rotatable bonds is 0. The molecule has 1 aromatic heterocycles. The summed E-state index contributed by atoms with van der Waals surface area (Å²) in [5, 5.41) is 15.2. The fourth-order valence-electron chi connectivity index (χ4n) is 5.30. The molecule has 0 spiro atoms. The fraction of sp³-hybridized carbons (Fsp3) is 0.762. The molecule has 4 rings (SSSR count). The maximum atomic E-state index is 4.57. The molecule has 2 aliphatic carbocycles. The van der Waals surface area contributed by atoms with Crippen molar-refractivity contribution >= 4 is 5.82 Å². The van der Waals surface area contributed by atoms with E-state index in [0.29, 0.717) is 12.0 Å². The SMILES string of the molecule is C=C1CC2CCC(C2)c2cc(n[nH]2)NC2CCCC(CCCCN1)C2. The first-order chi connectivity index (χ1) is 12.3. The summed E-state index contributed by atoms with van der Waals surface area (Å²) in [4.78, 5) is 0. The van der Waals surface area contributed by atoms with Crippen LogP contribution in [0.25, 0.3) is 0 Å². The Hall–Kier alpha value is -1.45. The third kappa shape index (κ3) is 4.39. The van der Waals surface area contributed by atoms with Gasteiger partial charge in [-0.25, -0.2) is 0 Å². The van der Waals surface area contributed by atoms with E-state index in [-0.39, 0.29) is 0 Å². The highest BCUT2D eigenvalue weighted by molar-refractivity contribution is 5.38. The van der Waals surface area contributed by atoms with E-state index in [1.165, 1.54) is 75.6 Å². The summed E-state index contributed by atoms with van der Waals surface area (Å²) < 4.78 is 0. The van der Waals surface area contributed by atoms with Crippen LogP contribution in [-0.2, 0) is 0 Å². The fourth-order valence-corrected chi connectivity index (χ4v) is 5.30. The van der Waals surface area contributed by atoms with Crippen LogP contribution in [0.1, 0.15) is 82.2 Å². The predicted octanol–water partition coefficient (Wildman–Crippen LogP) is 4.94. The molecule has 3 N–H and O–H groups in total. The van der Waals surface area contributed by atoms with Gasteiger partial charge in [0.15, 0.2) is 0 Å². The summed E-state index contributed by atoms with van der Waals surface area (Å²) in [5.41, 5.74) is 2.58. The maximum absolute atomic E-state index is 4.57. The van der Waals surface area contributed by atoms with Crippen LogP contribution < -0.4 is 10.6 Å². The number of aromatic amines is 1. The highest BCUT2D eigenvalue weighted by Crippen LogP contribution is 2.40. The van der Waals surface area contributed by atoms with E-state index in [1.807, 2.05) is 0 Å². The monoisotopic (exact) mass is 342 g/mol. The molecule has 0 amide bonds. The minimum Gasteiger partial charge on any atom is -0.389 e. The summed E-state index contributed by atoms with van der Waals surface area (Å²) in [6, 6.07) is 2.89. The zero-order valence-electron chi connectivity index (χ0n) is 15.5. The van der Waals surface area contributed by atoms with Crippen LogP contribution in [0.15, 0.2) is 18.3 Å². The lowest BCUT2D eigenvalue weighted by molar-refractivity contribution is 0.310. The van der Waals surface area contributed by atoms with Gasteiger partial charge in [0.25, 0.3) is 0 Å². The highest BCUT2D eigenvalue weighted by Gasteiger charge is 2.28. The summed E-state index contributed by atoms with van der Waals surface area (Å²) in [7, 11) is 0. The summed E-state index contributed by atoms with van der Waals surface area (Å²) in [6.07, 6.45) is 14.4. The first-order valence-corrected chi connectivity index (χ1v) is 10.5. The second kappa shape index (κ2) is 7.84. The molecular formula is C21H34N4. The number of nitrogens with one attached hydrogen (secondary N) is 3. The molecule has 1 aliphatic heterocycles. The Kier molecular flexibility index (Phi) is 5.33. The van der Waals surface area contributed by atoms with Crippen molar-refractivity contribution in [2.24, 2.45) is 11.8 Å². The van der Waals surface area contributed by atoms with Crippen molar-refractivity contribution in [3.05, 3.63) is 24.0 Å². The second-order valence-corrected chi connectivity index (χ2v) is 8.69. The molecule has 4 atom stereocenters. The summed E-state index contributed by atoms with van der Waals surface area (Å²) >= 11 is 0. The minimum atomic E-state index is 0.611. The first-order valence-electron chi connectivity index (χ1n) is 10.5. The molecule has 25 heavy (non-hydrogen) atoms. The van der Waals surface area contributed by atoms with Crippen LogP contribution in [0.2, 0.25) is 0 Å². The van der Waals surface area contributed by atoms with Crippen molar-refractivity contribution in [1.82, 2.24) is 15.5 Å². The van der Waals surface area contributed by atoms with Crippen molar-refractivity contribution in [2.45, 2.75) is 82.6 Å². The number of hydrogen-bond acceptors (Lipinski definition) is 3. The molecule has 0 radical (unpaired) electrons. The van der Waals surface area contributed by atoms with E-state index < -0.39 is 0 Å². The lowest BCUT2D eigenvalue weighted by Gasteiger charge is -2.29. The van der Waals surface area contributed by atoms with E-state index in [1.54, 1.807) is 0 Å². The molecular weight excluding hydrogens is 308 g/mol. The average Bonchev–Trinajstić information content (AvgIpc) is 3.23. The maximum Gasteiger partial charge on any atom is 0.148 e. The smallest absolute Gasteiger partial charge is 0.148 e. The summed E-state index contributed by atoms with van der Waals surface area (Å²) in [6.45, 7) is 5.38. The molecule has 2 saturated carbocycles. The number of H-pyrrole nitrogens is 1. The molecule has 3 aliphatic rings. The van der Waals surface area contributed by atoms with Gasteiger partial charge in [-0.2, -0.15) is 5.10 Å². The number of anilines is 1. The lowest BCUT2D eigenvalue weighted by Crippen LogP contribution is -2.27. The van der Waals surface area contributed by atoms with Crippen LogP contribution in [-0.4, -0.2) is 22.8 Å². The van der Waals surface area contributed by atoms with E-state index in [9.17, 15) is 0 Å². The molecule has 0 saturated heterocycles. The van der Waals surface area contributed by atoms with Crippen LogP contribution >= 0.6 is 0 Å². The normalized spacial score (nSPS) is 34.0. The third-order valence-electron chi connectivity index (χ3n) is 6.66. The Morgan fingerprint density at radius 2 is 1.88 bits per heavy atom. The molecule has 4 heteroatoms. The largest absolute Gasteiger partial charge is 0.389 e. The van der Waals surface area contributed by atoms with Crippen LogP contribution in [0.3, 0.4) is 0 Å². The second-order valence-electron chi connectivity index (χ2n) is 8.69.